The van der Waals surface area contributed by atoms with Crippen molar-refractivity contribution in [1.82, 2.24) is 15.5 Å². The maximum atomic E-state index is 12.5. The van der Waals surface area contributed by atoms with Crippen molar-refractivity contribution in [3.8, 4) is 0 Å². The van der Waals surface area contributed by atoms with Gasteiger partial charge in [-0.3, -0.25) is 4.79 Å². The molecule has 1 aliphatic heterocycles. The average Bonchev–Trinajstić information content (AvgIpc) is 2.78. The minimum Gasteiger partial charge on any atom is -0.450 e. The maximum absolute atomic E-state index is 12.5. The molecule has 160 valence electrons. The average molecular weight is 410 g/mol. The van der Waals surface area contributed by atoms with Gasteiger partial charge in [0.25, 0.3) is 0 Å². The number of carbonyl (C=O) groups is 2. The van der Waals surface area contributed by atoms with Crippen LogP contribution in [0.25, 0.3) is 0 Å². The first-order valence-corrected chi connectivity index (χ1v) is 10.7. The number of nitrogens with one attached hydrogen (secondary N) is 2. The lowest BCUT2D eigenvalue weighted by molar-refractivity contribution is -0.121. The van der Waals surface area contributed by atoms with Gasteiger partial charge in [0.15, 0.2) is 0 Å². The molecule has 2 N–H and O–H groups in total. The van der Waals surface area contributed by atoms with Gasteiger partial charge < -0.3 is 20.3 Å². The molecule has 6 heteroatoms. The molecule has 30 heavy (non-hydrogen) atoms. The van der Waals surface area contributed by atoms with E-state index in [0.29, 0.717) is 19.7 Å². The van der Waals surface area contributed by atoms with E-state index in [-0.39, 0.29) is 30.6 Å². The lowest BCUT2D eigenvalue weighted by Gasteiger charge is -2.31. The van der Waals surface area contributed by atoms with Gasteiger partial charge in [0, 0.05) is 25.2 Å². The Morgan fingerprint density at radius 1 is 1.03 bits per heavy atom. The van der Waals surface area contributed by atoms with E-state index in [1.165, 1.54) is 5.56 Å². The zero-order valence-electron chi connectivity index (χ0n) is 17.5. The van der Waals surface area contributed by atoms with Crippen LogP contribution in [0.3, 0.4) is 0 Å². The number of hydrogen-bond donors (Lipinski definition) is 2. The summed E-state index contributed by atoms with van der Waals surface area (Å²) in [5.74, 6) is -0.0152. The Balaban J connectivity index is 1.49. The largest absolute Gasteiger partial charge is 0.450 e. The van der Waals surface area contributed by atoms with E-state index in [4.69, 9.17) is 4.74 Å². The first kappa shape index (κ1) is 21.8. The fourth-order valence-corrected chi connectivity index (χ4v) is 3.76. The van der Waals surface area contributed by atoms with E-state index in [1.54, 1.807) is 11.8 Å². The van der Waals surface area contributed by atoms with Gasteiger partial charge in [-0.25, -0.2) is 4.79 Å². The molecule has 2 aromatic carbocycles. The van der Waals surface area contributed by atoms with Crippen molar-refractivity contribution >= 4 is 12.0 Å². The fourth-order valence-electron chi connectivity index (χ4n) is 3.76. The highest BCUT2D eigenvalue weighted by molar-refractivity contribution is 5.78. The molecule has 0 spiro atoms. The summed E-state index contributed by atoms with van der Waals surface area (Å²) < 4.78 is 5.04. The van der Waals surface area contributed by atoms with E-state index < -0.39 is 0 Å². The molecule has 0 saturated carbocycles. The molecule has 2 amide bonds. The Morgan fingerprint density at radius 3 is 2.30 bits per heavy atom. The van der Waals surface area contributed by atoms with E-state index in [1.807, 2.05) is 36.4 Å². The Bertz CT molecular complexity index is 790. The molecule has 2 aromatic rings. The fraction of sp³-hybridized carbons (Fsp3) is 0.417. The molecule has 6 nitrogen and oxygen atoms in total. The molecule has 0 aromatic heterocycles. The SMILES string of the molecule is CCOC(=O)N1CCC(NC(=O)CNC(Cc2ccccc2)c2ccccc2)CC1. The highest BCUT2D eigenvalue weighted by Crippen LogP contribution is 2.18. The second kappa shape index (κ2) is 11.4. The van der Waals surface area contributed by atoms with Crippen molar-refractivity contribution in [3.05, 3.63) is 71.8 Å². The Kier molecular flexibility index (Phi) is 8.27. The smallest absolute Gasteiger partial charge is 0.409 e. The van der Waals surface area contributed by atoms with Crippen LogP contribution in [0.1, 0.15) is 36.9 Å². The molecular formula is C24H31N3O3. The summed E-state index contributed by atoms with van der Waals surface area (Å²) in [5.41, 5.74) is 2.39. The molecule has 1 saturated heterocycles. The van der Waals surface area contributed by atoms with Gasteiger partial charge in [0.05, 0.1) is 13.2 Å². The van der Waals surface area contributed by atoms with Crippen LogP contribution in [0.4, 0.5) is 4.79 Å². The van der Waals surface area contributed by atoms with E-state index >= 15 is 0 Å². The summed E-state index contributed by atoms with van der Waals surface area (Å²) in [7, 11) is 0. The normalized spacial score (nSPS) is 15.4. The molecule has 0 bridgehead atoms. The molecule has 1 aliphatic rings. The maximum Gasteiger partial charge on any atom is 0.409 e. The lowest BCUT2D eigenvalue weighted by Crippen LogP contribution is -2.48. The molecular weight excluding hydrogens is 378 g/mol. The summed E-state index contributed by atoms with van der Waals surface area (Å²) >= 11 is 0. The summed E-state index contributed by atoms with van der Waals surface area (Å²) in [6.45, 7) is 3.66. The third-order valence-electron chi connectivity index (χ3n) is 5.38. The molecule has 1 heterocycles. The monoisotopic (exact) mass is 409 g/mol. The third-order valence-corrected chi connectivity index (χ3v) is 5.38. The van der Waals surface area contributed by atoms with Crippen molar-refractivity contribution < 1.29 is 14.3 Å². The van der Waals surface area contributed by atoms with Crippen LogP contribution in [0.15, 0.2) is 60.7 Å². The van der Waals surface area contributed by atoms with Crippen molar-refractivity contribution in [1.29, 1.82) is 0 Å². The first-order chi connectivity index (χ1) is 14.7. The second-order valence-electron chi connectivity index (χ2n) is 7.56. The number of carbonyl (C=O) groups excluding carboxylic acids is 2. The van der Waals surface area contributed by atoms with E-state index in [0.717, 1.165) is 24.8 Å². The Labute approximate surface area is 178 Å². The number of rotatable bonds is 8. The van der Waals surface area contributed by atoms with Crippen LogP contribution >= 0.6 is 0 Å². The Morgan fingerprint density at radius 2 is 1.67 bits per heavy atom. The second-order valence-corrected chi connectivity index (χ2v) is 7.56. The van der Waals surface area contributed by atoms with E-state index in [2.05, 4.69) is 34.9 Å². The summed E-state index contributed by atoms with van der Waals surface area (Å²) in [4.78, 5) is 26.0. The van der Waals surface area contributed by atoms with Gasteiger partial charge in [-0.2, -0.15) is 0 Å². The predicted octanol–water partition coefficient (Wildman–Crippen LogP) is 3.30. The van der Waals surface area contributed by atoms with Crippen molar-refractivity contribution in [3.63, 3.8) is 0 Å². The van der Waals surface area contributed by atoms with Gasteiger partial charge in [-0.15, -0.1) is 0 Å². The number of nitrogens with zero attached hydrogens (tertiary/aromatic N) is 1. The van der Waals surface area contributed by atoms with Gasteiger partial charge in [-0.05, 0) is 37.3 Å². The highest BCUT2D eigenvalue weighted by Gasteiger charge is 2.24. The molecule has 0 radical (unpaired) electrons. The quantitative estimate of drug-likeness (QED) is 0.702. The van der Waals surface area contributed by atoms with Crippen LogP contribution in [0.5, 0.6) is 0 Å². The summed E-state index contributed by atoms with van der Waals surface area (Å²) in [6, 6.07) is 20.7. The van der Waals surface area contributed by atoms with Crippen LogP contribution < -0.4 is 10.6 Å². The predicted molar refractivity (Wildman–Crippen MR) is 117 cm³/mol. The zero-order valence-corrected chi connectivity index (χ0v) is 17.5. The van der Waals surface area contributed by atoms with Crippen molar-refractivity contribution in [2.75, 3.05) is 26.2 Å². The minimum atomic E-state index is -0.268. The Hall–Kier alpha value is -2.86. The number of amides is 2. The van der Waals surface area contributed by atoms with Gasteiger partial charge >= 0.3 is 6.09 Å². The van der Waals surface area contributed by atoms with Crippen LogP contribution in [-0.4, -0.2) is 49.2 Å². The summed E-state index contributed by atoms with van der Waals surface area (Å²) in [6.07, 6.45) is 2.04. The van der Waals surface area contributed by atoms with Gasteiger partial charge in [-0.1, -0.05) is 60.7 Å². The molecule has 1 fully saturated rings. The van der Waals surface area contributed by atoms with Crippen LogP contribution in [-0.2, 0) is 16.0 Å². The zero-order chi connectivity index (χ0) is 21.2. The van der Waals surface area contributed by atoms with Crippen molar-refractivity contribution in [2.24, 2.45) is 0 Å². The van der Waals surface area contributed by atoms with Gasteiger partial charge in [0.1, 0.15) is 0 Å². The number of benzene rings is 2. The van der Waals surface area contributed by atoms with E-state index in [9.17, 15) is 9.59 Å². The highest BCUT2D eigenvalue weighted by atomic mass is 16.6. The number of piperidine rings is 1. The third kappa shape index (κ3) is 6.59. The topological polar surface area (TPSA) is 70.7 Å². The molecule has 0 aliphatic carbocycles. The molecule has 1 unspecified atom stereocenters. The summed E-state index contributed by atoms with van der Waals surface area (Å²) in [5, 5.41) is 6.52. The van der Waals surface area contributed by atoms with Gasteiger partial charge in [0.2, 0.25) is 5.91 Å². The van der Waals surface area contributed by atoms with Crippen LogP contribution in [0, 0.1) is 0 Å². The number of ether oxygens (including phenoxy) is 1. The standard InChI is InChI=1S/C24H31N3O3/c1-2-30-24(29)27-15-13-21(14-16-27)26-23(28)18-25-22(20-11-7-4-8-12-20)17-19-9-5-3-6-10-19/h3-12,21-22,25H,2,13-18H2,1H3,(H,26,28). The number of likely N-dealkylation sites (tertiary alicyclic amines) is 1. The minimum absolute atomic E-state index is 0.0152. The first-order valence-electron chi connectivity index (χ1n) is 10.7. The molecule has 1 atom stereocenters. The lowest BCUT2D eigenvalue weighted by atomic mass is 9.99. The number of hydrogen-bond acceptors (Lipinski definition) is 4. The molecule has 3 rings (SSSR count). The van der Waals surface area contributed by atoms with Crippen molar-refractivity contribution in [2.45, 2.75) is 38.3 Å². The van der Waals surface area contributed by atoms with Crippen LogP contribution in [0.2, 0.25) is 0 Å².